The van der Waals surface area contributed by atoms with Crippen LogP contribution in [0.15, 0.2) is 28.3 Å². The van der Waals surface area contributed by atoms with Gasteiger partial charge in [0.2, 0.25) is 0 Å². The molecule has 0 spiro atoms. The molecule has 5 heteroatoms. The van der Waals surface area contributed by atoms with Crippen LogP contribution < -0.4 is 0 Å². The van der Waals surface area contributed by atoms with Crippen molar-refractivity contribution in [3.63, 3.8) is 0 Å². The van der Waals surface area contributed by atoms with Crippen molar-refractivity contribution in [2.75, 3.05) is 0 Å². The molecule has 0 aromatic carbocycles. The van der Waals surface area contributed by atoms with E-state index in [4.69, 9.17) is 10.2 Å². The van der Waals surface area contributed by atoms with Gasteiger partial charge in [-0.25, -0.2) is 9.59 Å². The van der Waals surface area contributed by atoms with Crippen LogP contribution >= 0.6 is 0 Å². The number of carboxylic acid groups (broad SMARTS) is 2. The smallest absolute Gasteiger partial charge is 0.354 e. The highest BCUT2D eigenvalue weighted by molar-refractivity contribution is 6.41. The number of aliphatic imine (C=N–C) groups is 1. The number of unbranched alkanes of at least 4 members (excludes halogenated alkanes) is 2. The quantitative estimate of drug-likeness (QED) is 0.596. The second-order valence-electron chi connectivity index (χ2n) is 5.95. The number of allylic oxidation sites excluding steroid dienone is 2. The normalized spacial score (nSPS) is 17.2. The lowest BCUT2D eigenvalue weighted by Crippen LogP contribution is -2.26. The first-order valence-electron chi connectivity index (χ1n) is 8.39. The average molecular weight is 321 g/mol. The molecule has 0 aromatic heterocycles. The molecule has 2 N–H and O–H groups in total. The Bertz CT molecular complexity index is 507. The van der Waals surface area contributed by atoms with Crippen molar-refractivity contribution >= 4 is 17.7 Å². The summed E-state index contributed by atoms with van der Waals surface area (Å²) in [6.07, 6.45) is 11.3. The molecule has 128 valence electrons. The van der Waals surface area contributed by atoms with Gasteiger partial charge in [-0.3, -0.25) is 4.99 Å². The highest BCUT2D eigenvalue weighted by atomic mass is 16.4. The van der Waals surface area contributed by atoms with E-state index in [0.717, 1.165) is 44.1 Å². The molecule has 0 radical (unpaired) electrons. The third-order valence-corrected chi connectivity index (χ3v) is 3.95. The predicted octanol–water partition coefficient (Wildman–Crippen LogP) is 3.99. The molecule has 1 rings (SSSR count). The molecule has 0 aromatic rings. The van der Waals surface area contributed by atoms with E-state index in [-0.39, 0.29) is 12.1 Å². The zero-order valence-corrected chi connectivity index (χ0v) is 14.0. The van der Waals surface area contributed by atoms with Crippen molar-refractivity contribution in [1.29, 1.82) is 0 Å². The molecule has 5 nitrogen and oxygen atoms in total. The minimum absolute atomic E-state index is 0.157. The van der Waals surface area contributed by atoms with E-state index in [9.17, 15) is 9.59 Å². The molecule has 0 saturated heterocycles. The van der Waals surface area contributed by atoms with Crippen LogP contribution in [-0.2, 0) is 9.59 Å². The van der Waals surface area contributed by atoms with Crippen molar-refractivity contribution < 1.29 is 19.8 Å². The predicted molar refractivity (Wildman–Crippen MR) is 90.9 cm³/mol. The highest BCUT2D eigenvalue weighted by Gasteiger charge is 2.24. The van der Waals surface area contributed by atoms with E-state index in [2.05, 4.69) is 24.9 Å². The van der Waals surface area contributed by atoms with E-state index in [1.807, 2.05) is 0 Å². The molecular weight excluding hydrogens is 294 g/mol. The van der Waals surface area contributed by atoms with Crippen LogP contribution in [0.25, 0.3) is 0 Å². The second kappa shape index (κ2) is 9.98. The maximum Gasteiger partial charge on any atom is 0.354 e. The van der Waals surface area contributed by atoms with Crippen LogP contribution in [0.4, 0.5) is 0 Å². The summed E-state index contributed by atoms with van der Waals surface area (Å²) in [5, 5.41) is 18.2. The maximum atomic E-state index is 11.1. The number of nitrogens with zero attached hydrogens (tertiary/aromatic N) is 1. The Morgan fingerprint density at radius 1 is 1.22 bits per heavy atom. The number of aliphatic carboxylic acids is 2. The molecule has 0 amide bonds. The molecule has 1 aliphatic heterocycles. The molecule has 1 aliphatic rings. The lowest BCUT2D eigenvalue weighted by Gasteiger charge is -2.16. The number of hydrogen-bond acceptors (Lipinski definition) is 3. The first kappa shape index (κ1) is 19.1. The largest absolute Gasteiger partial charge is 0.480 e. The zero-order valence-electron chi connectivity index (χ0n) is 14.0. The summed E-state index contributed by atoms with van der Waals surface area (Å²) in [6, 6.07) is -0.982. The molecule has 0 aliphatic carbocycles. The molecule has 0 saturated carbocycles. The SMILES string of the molecule is CCCCC(=CCC1=CC(C(=O)O)=NC(C(=O)O)C1)CCCC. The Balaban J connectivity index is 2.82. The maximum absolute atomic E-state index is 11.1. The van der Waals surface area contributed by atoms with Gasteiger partial charge in [0.1, 0.15) is 5.71 Å². The number of carboxylic acids is 2. The van der Waals surface area contributed by atoms with E-state index in [1.165, 1.54) is 11.6 Å². The van der Waals surface area contributed by atoms with Gasteiger partial charge in [-0.15, -0.1) is 0 Å². The van der Waals surface area contributed by atoms with Crippen molar-refractivity contribution in [2.24, 2.45) is 4.99 Å². The monoisotopic (exact) mass is 321 g/mol. The Kier molecular flexibility index (Phi) is 8.30. The summed E-state index contributed by atoms with van der Waals surface area (Å²) in [7, 11) is 0. The van der Waals surface area contributed by atoms with Crippen LogP contribution in [0, 0.1) is 0 Å². The molecule has 1 heterocycles. The highest BCUT2D eigenvalue weighted by Crippen LogP contribution is 2.22. The topological polar surface area (TPSA) is 87.0 Å². The molecule has 1 atom stereocenters. The summed E-state index contributed by atoms with van der Waals surface area (Å²) in [5.41, 5.74) is 2.06. The standard InChI is InChI=1S/C18H27NO4/c1-3-5-7-13(8-6-4-2)9-10-14-11-15(17(20)21)19-16(12-14)18(22)23/h9,11,16H,3-8,10,12H2,1-2H3,(H,20,21)(H,22,23). The Hall–Kier alpha value is -1.91. The molecule has 0 bridgehead atoms. The number of dihydropyridines is 1. The fourth-order valence-electron chi connectivity index (χ4n) is 2.57. The third kappa shape index (κ3) is 6.80. The molecule has 23 heavy (non-hydrogen) atoms. The van der Waals surface area contributed by atoms with Crippen LogP contribution in [0.5, 0.6) is 0 Å². The van der Waals surface area contributed by atoms with Crippen LogP contribution in [-0.4, -0.2) is 33.9 Å². The first-order valence-corrected chi connectivity index (χ1v) is 8.39. The van der Waals surface area contributed by atoms with Gasteiger partial charge in [0.15, 0.2) is 6.04 Å². The van der Waals surface area contributed by atoms with Gasteiger partial charge in [0.25, 0.3) is 0 Å². The Labute approximate surface area is 137 Å². The van der Waals surface area contributed by atoms with Gasteiger partial charge in [-0.1, -0.05) is 43.9 Å². The minimum Gasteiger partial charge on any atom is -0.480 e. The van der Waals surface area contributed by atoms with Gasteiger partial charge in [0, 0.05) is 6.42 Å². The van der Waals surface area contributed by atoms with Crippen LogP contribution in [0.2, 0.25) is 0 Å². The summed E-state index contributed by atoms with van der Waals surface area (Å²) >= 11 is 0. The summed E-state index contributed by atoms with van der Waals surface area (Å²) in [4.78, 5) is 26.0. The van der Waals surface area contributed by atoms with Crippen molar-refractivity contribution in [1.82, 2.24) is 0 Å². The second-order valence-corrected chi connectivity index (χ2v) is 5.95. The van der Waals surface area contributed by atoms with Gasteiger partial charge in [-0.05, 0) is 38.2 Å². The van der Waals surface area contributed by atoms with E-state index < -0.39 is 18.0 Å². The van der Waals surface area contributed by atoms with E-state index in [0.29, 0.717) is 6.42 Å². The van der Waals surface area contributed by atoms with Gasteiger partial charge < -0.3 is 10.2 Å². The van der Waals surface area contributed by atoms with E-state index >= 15 is 0 Å². The fourth-order valence-corrected chi connectivity index (χ4v) is 2.57. The van der Waals surface area contributed by atoms with Gasteiger partial charge in [-0.2, -0.15) is 0 Å². The average Bonchev–Trinajstić information content (AvgIpc) is 2.53. The lowest BCUT2D eigenvalue weighted by molar-refractivity contribution is -0.138. The third-order valence-electron chi connectivity index (χ3n) is 3.95. The number of carbonyl (C=O) groups is 2. The number of hydrogen-bond donors (Lipinski definition) is 2. The van der Waals surface area contributed by atoms with Crippen molar-refractivity contribution in [3.8, 4) is 0 Å². The fraction of sp³-hybridized carbons (Fsp3) is 0.611. The molecule has 1 unspecified atom stereocenters. The Morgan fingerprint density at radius 3 is 2.30 bits per heavy atom. The molecular formula is C18H27NO4. The zero-order chi connectivity index (χ0) is 17.2. The van der Waals surface area contributed by atoms with E-state index in [1.54, 1.807) is 0 Å². The van der Waals surface area contributed by atoms with Gasteiger partial charge >= 0.3 is 11.9 Å². The molecule has 0 fully saturated rings. The van der Waals surface area contributed by atoms with Crippen molar-refractivity contribution in [3.05, 3.63) is 23.3 Å². The Morgan fingerprint density at radius 2 is 1.83 bits per heavy atom. The summed E-state index contributed by atoms with van der Waals surface area (Å²) in [6.45, 7) is 4.32. The summed E-state index contributed by atoms with van der Waals surface area (Å²) in [5.74, 6) is -2.25. The van der Waals surface area contributed by atoms with Crippen LogP contribution in [0.3, 0.4) is 0 Å². The van der Waals surface area contributed by atoms with Gasteiger partial charge in [0.05, 0.1) is 0 Å². The lowest BCUT2D eigenvalue weighted by atomic mass is 9.95. The minimum atomic E-state index is -1.17. The number of rotatable bonds is 10. The van der Waals surface area contributed by atoms with Crippen molar-refractivity contribution in [2.45, 2.75) is 71.3 Å². The van der Waals surface area contributed by atoms with Crippen LogP contribution in [0.1, 0.15) is 65.2 Å². The summed E-state index contributed by atoms with van der Waals surface area (Å²) < 4.78 is 0. The first-order chi connectivity index (χ1) is 11.0.